The van der Waals surface area contributed by atoms with E-state index >= 15 is 0 Å². The number of imidazole rings is 1. The summed E-state index contributed by atoms with van der Waals surface area (Å²) in [6.45, 7) is 1.42. The fourth-order valence-corrected chi connectivity index (χ4v) is 3.48. The Balaban J connectivity index is 1.58. The molecule has 0 fully saturated rings. The Labute approximate surface area is 160 Å². The number of para-hydroxylation sites is 1. The average molecular weight is 378 g/mol. The van der Waals surface area contributed by atoms with E-state index < -0.39 is 0 Å². The molecule has 0 radical (unpaired) electrons. The molecule has 134 valence electrons. The molecule has 3 aromatic heterocycles. The van der Waals surface area contributed by atoms with Crippen LogP contribution in [0.4, 0.5) is 0 Å². The number of halogens is 1. The fraction of sp³-hybridized carbons (Fsp3) is 0.143. The van der Waals surface area contributed by atoms with Gasteiger partial charge in [-0.1, -0.05) is 23.7 Å². The first-order chi connectivity index (χ1) is 13.3. The molecule has 0 saturated carbocycles. The molecule has 5 rings (SSSR count). The van der Waals surface area contributed by atoms with Gasteiger partial charge in [-0.25, -0.2) is 9.97 Å². The minimum absolute atomic E-state index is 0.569. The molecule has 0 atom stereocenters. The molecule has 0 amide bonds. The molecule has 0 aliphatic rings. The zero-order valence-corrected chi connectivity index (χ0v) is 15.2. The number of hydrogen-bond donors (Lipinski definition) is 0. The molecule has 0 aliphatic heterocycles. The predicted octanol–water partition coefficient (Wildman–Crippen LogP) is 5.45. The molecule has 3 heterocycles. The van der Waals surface area contributed by atoms with E-state index in [9.17, 15) is 0 Å². The highest BCUT2D eigenvalue weighted by atomic mass is 35.5. The molecule has 27 heavy (non-hydrogen) atoms. The van der Waals surface area contributed by atoms with Gasteiger partial charge < -0.3 is 13.7 Å². The van der Waals surface area contributed by atoms with Gasteiger partial charge in [-0.15, -0.1) is 0 Å². The van der Waals surface area contributed by atoms with E-state index in [1.54, 1.807) is 6.20 Å². The van der Waals surface area contributed by atoms with E-state index in [1.165, 1.54) is 0 Å². The molecule has 0 bridgehead atoms. The fourth-order valence-electron chi connectivity index (χ4n) is 3.31. The number of pyridine rings is 1. The highest BCUT2D eigenvalue weighted by Crippen LogP contribution is 2.39. The molecule has 5 aromatic rings. The highest BCUT2D eigenvalue weighted by molar-refractivity contribution is 6.31. The first-order valence-corrected chi connectivity index (χ1v) is 9.16. The average Bonchev–Trinajstić information content (AvgIpc) is 3.32. The number of fused-ring (bicyclic) bond motifs is 4. The van der Waals surface area contributed by atoms with Crippen LogP contribution in [0.15, 0.2) is 65.6 Å². The maximum atomic E-state index is 6.19. The maximum Gasteiger partial charge on any atom is 0.196 e. The zero-order valence-electron chi connectivity index (χ0n) is 14.4. The summed E-state index contributed by atoms with van der Waals surface area (Å²) in [5, 5.41) is 2.49. The van der Waals surface area contributed by atoms with E-state index in [0.717, 1.165) is 46.1 Å². The van der Waals surface area contributed by atoms with Crippen molar-refractivity contribution in [3.8, 4) is 5.75 Å². The van der Waals surface area contributed by atoms with Crippen LogP contribution in [0, 0.1) is 0 Å². The van der Waals surface area contributed by atoms with Gasteiger partial charge in [-0.3, -0.25) is 0 Å². The standard InChI is InChI=1S/C21H16ClN3O2/c22-14-6-7-18-16(12-14)19-21(27-18)20(15-4-1-2-5-17(15)24-19)26-11-3-9-25-10-8-23-13-25/h1-2,4-8,10,12-13H,3,9,11H2. The topological polar surface area (TPSA) is 53.1 Å². The SMILES string of the molecule is Clc1ccc2oc3c(OCCCn4ccnc4)c4ccccc4nc3c2c1. The minimum Gasteiger partial charge on any atom is -0.489 e. The summed E-state index contributed by atoms with van der Waals surface area (Å²) in [6.07, 6.45) is 6.40. The lowest BCUT2D eigenvalue weighted by atomic mass is 10.1. The Bertz CT molecular complexity index is 1240. The van der Waals surface area contributed by atoms with Gasteiger partial charge in [-0.2, -0.15) is 0 Å². The predicted molar refractivity (Wildman–Crippen MR) is 106 cm³/mol. The number of aryl methyl sites for hydroxylation is 1. The maximum absolute atomic E-state index is 6.19. The normalized spacial score (nSPS) is 11.6. The summed E-state index contributed by atoms with van der Waals surface area (Å²) in [5.74, 6) is 0.730. The number of hydrogen-bond acceptors (Lipinski definition) is 4. The first kappa shape index (κ1) is 16.1. The van der Waals surface area contributed by atoms with Gasteiger partial charge in [0, 0.05) is 34.7 Å². The van der Waals surface area contributed by atoms with Crippen LogP contribution in [0.3, 0.4) is 0 Å². The molecule has 0 saturated heterocycles. The highest BCUT2D eigenvalue weighted by Gasteiger charge is 2.17. The van der Waals surface area contributed by atoms with Crippen LogP contribution in [-0.4, -0.2) is 21.1 Å². The second-order valence-corrected chi connectivity index (χ2v) is 6.82. The lowest BCUT2D eigenvalue weighted by molar-refractivity contribution is 0.304. The van der Waals surface area contributed by atoms with Gasteiger partial charge in [0.1, 0.15) is 11.1 Å². The van der Waals surface area contributed by atoms with Crippen LogP contribution in [0.25, 0.3) is 33.0 Å². The van der Waals surface area contributed by atoms with Gasteiger partial charge in [0.25, 0.3) is 0 Å². The lowest BCUT2D eigenvalue weighted by Gasteiger charge is -2.10. The van der Waals surface area contributed by atoms with Gasteiger partial charge in [0.15, 0.2) is 11.3 Å². The van der Waals surface area contributed by atoms with E-state index in [-0.39, 0.29) is 0 Å². The van der Waals surface area contributed by atoms with E-state index in [4.69, 9.17) is 25.7 Å². The number of benzene rings is 2. The molecule has 6 heteroatoms. The smallest absolute Gasteiger partial charge is 0.196 e. The van der Waals surface area contributed by atoms with Gasteiger partial charge >= 0.3 is 0 Å². The first-order valence-electron chi connectivity index (χ1n) is 8.78. The number of ether oxygens (including phenoxy) is 1. The Morgan fingerprint density at radius 3 is 2.93 bits per heavy atom. The van der Waals surface area contributed by atoms with Crippen molar-refractivity contribution in [2.24, 2.45) is 0 Å². The molecule has 0 spiro atoms. The summed E-state index contributed by atoms with van der Waals surface area (Å²) < 4.78 is 14.3. The summed E-state index contributed by atoms with van der Waals surface area (Å²) >= 11 is 6.18. The summed E-state index contributed by atoms with van der Waals surface area (Å²) in [5.41, 5.74) is 3.06. The third kappa shape index (κ3) is 2.90. The largest absolute Gasteiger partial charge is 0.489 e. The van der Waals surface area contributed by atoms with Crippen molar-refractivity contribution in [2.45, 2.75) is 13.0 Å². The van der Waals surface area contributed by atoms with Crippen LogP contribution < -0.4 is 4.74 Å². The molecule has 5 nitrogen and oxygen atoms in total. The van der Waals surface area contributed by atoms with Crippen molar-refractivity contribution in [3.05, 3.63) is 66.2 Å². The summed E-state index contributed by atoms with van der Waals surface area (Å²) in [4.78, 5) is 8.85. The zero-order chi connectivity index (χ0) is 18.2. The Morgan fingerprint density at radius 2 is 2.04 bits per heavy atom. The monoisotopic (exact) mass is 377 g/mol. The Morgan fingerprint density at radius 1 is 1.11 bits per heavy atom. The Kier molecular flexibility index (Phi) is 3.94. The summed E-state index contributed by atoms with van der Waals surface area (Å²) in [6, 6.07) is 13.5. The molecule has 0 unspecified atom stereocenters. The number of aromatic nitrogens is 3. The van der Waals surface area contributed by atoms with E-state index in [0.29, 0.717) is 17.2 Å². The van der Waals surface area contributed by atoms with Crippen LogP contribution >= 0.6 is 11.6 Å². The van der Waals surface area contributed by atoms with Crippen molar-refractivity contribution in [3.63, 3.8) is 0 Å². The minimum atomic E-state index is 0.569. The van der Waals surface area contributed by atoms with E-state index in [1.807, 2.05) is 59.6 Å². The molecular formula is C21H16ClN3O2. The van der Waals surface area contributed by atoms with E-state index in [2.05, 4.69) is 4.98 Å². The molecule has 0 aliphatic carbocycles. The quantitative estimate of drug-likeness (QED) is 0.382. The van der Waals surface area contributed by atoms with Crippen molar-refractivity contribution < 1.29 is 9.15 Å². The Hall–Kier alpha value is -3.05. The number of rotatable bonds is 5. The van der Waals surface area contributed by atoms with Crippen molar-refractivity contribution in [2.75, 3.05) is 6.61 Å². The molecular weight excluding hydrogens is 362 g/mol. The van der Waals surface area contributed by atoms with Crippen molar-refractivity contribution in [1.29, 1.82) is 0 Å². The summed E-state index contributed by atoms with van der Waals surface area (Å²) in [7, 11) is 0. The molecule has 0 N–H and O–H groups in total. The number of nitrogens with zero attached hydrogens (tertiary/aromatic N) is 3. The van der Waals surface area contributed by atoms with Crippen LogP contribution in [0.2, 0.25) is 5.02 Å². The van der Waals surface area contributed by atoms with Gasteiger partial charge in [0.05, 0.1) is 18.5 Å². The third-order valence-corrected chi connectivity index (χ3v) is 4.81. The second-order valence-electron chi connectivity index (χ2n) is 6.38. The third-order valence-electron chi connectivity index (χ3n) is 4.58. The molecule has 2 aromatic carbocycles. The van der Waals surface area contributed by atoms with Gasteiger partial charge in [0.2, 0.25) is 0 Å². The second kappa shape index (κ2) is 6.59. The lowest BCUT2D eigenvalue weighted by Crippen LogP contribution is -2.03. The van der Waals surface area contributed by atoms with Gasteiger partial charge in [-0.05, 0) is 36.8 Å². The van der Waals surface area contributed by atoms with Crippen LogP contribution in [0.1, 0.15) is 6.42 Å². The number of furan rings is 1. The van der Waals surface area contributed by atoms with Crippen LogP contribution in [-0.2, 0) is 6.54 Å². The van der Waals surface area contributed by atoms with Crippen molar-refractivity contribution in [1.82, 2.24) is 14.5 Å². The van der Waals surface area contributed by atoms with Crippen molar-refractivity contribution >= 4 is 44.6 Å². The van der Waals surface area contributed by atoms with Crippen LogP contribution in [0.5, 0.6) is 5.75 Å².